The smallest absolute Gasteiger partial charge is 0.288 e. The van der Waals surface area contributed by atoms with E-state index in [4.69, 9.17) is 16.0 Å². The molecule has 2 rings (SSSR count). The van der Waals surface area contributed by atoms with Gasteiger partial charge in [-0.15, -0.1) is 0 Å². The molecule has 19 heavy (non-hydrogen) atoms. The summed E-state index contributed by atoms with van der Waals surface area (Å²) in [7, 11) is 0. The summed E-state index contributed by atoms with van der Waals surface area (Å²) in [5.41, 5.74) is 1.13. The summed E-state index contributed by atoms with van der Waals surface area (Å²) in [4.78, 5) is 21.4. The van der Waals surface area contributed by atoms with Gasteiger partial charge in [0.05, 0.1) is 4.92 Å². The zero-order chi connectivity index (χ0) is 14.2. The lowest BCUT2D eigenvalue weighted by Gasteiger charge is -2.04. The van der Waals surface area contributed by atoms with Crippen LogP contribution in [0.5, 0.6) is 0 Å². The standard InChI is InChI=1S/C13H10ClNO4/c1-7-5-11(15(17)18)10(14)6-9(7)13-4-3-12(19-13)8(2)16/h3-6H,1-2H3. The highest BCUT2D eigenvalue weighted by molar-refractivity contribution is 6.33. The largest absolute Gasteiger partial charge is 0.453 e. The Labute approximate surface area is 113 Å². The number of nitro groups is 1. The predicted molar refractivity (Wildman–Crippen MR) is 70.5 cm³/mol. The van der Waals surface area contributed by atoms with Crippen LogP contribution in [0, 0.1) is 17.0 Å². The Balaban J connectivity index is 2.53. The van der Waals surface area contributed by atoms with Crippen LogP contribution in [-0.4, -0.2) is 10.7 Å². The van der Waals surface area contributed by atoms with Gasteiger partial charge in [0.2, 0.25) is 0 Å². The van der Waals surface area contributed by atoms with Gasteiger partial charge in [0.15, 0.2) is 11.5 Å². The molecule has 0 radical (unpaired) electrons. The number of hydrogen-bond donors (Lipinski definition) is 0. The molecule has 0 aliphatic rings. The van der Waals surface area contributed by atoms with E-state index in [-0.39, 0.29) is 22.3 Å². The van der Waals surface area contributed by atoms with Crippen molar-refractivity contribution in [3.05, 3.63) is 50.7 Å². The zero-order valence-corrected chi connectivity index (χ0v) is 11.0. The van der Waals surface area contributed by atoms with E-state index in [0.29, 0.717) is 16.9 Å². The lowest BCUT2D eigenvalue weighted by atomic mass is 10.1. The number of furan rings is 1. The first-order valence-electron chi connectivity index (χ1n) is 5.46. The second kappa shape index (κ2) is 4.85. The van der Waals surface area contributed by atoms with Crippen LogP contribution in [-0.2, 0) is 0 Å². The number of aryl methyl sites for hydroxylation is 1. The number of hydrogen-bond acceptors (Lipinski definition) is 4. The minimum absolute atomic E-state index is 0.0337. The average Bonchev–Trinajstić information content (AvgIpc) is 2.80. The van der Waals surface area contributed by atoms with Crippen molar-refractivity contribution in [1.82, 2.24) is 0 Å². The van der Waals surface area contributed by atoms with Crippen LogP contribution in [0.2, 0.25) is 5.02 Å². The van der Waals surface area contributed by atoms with Crippen molar-refractivity contribution < 1.29 is 14.1 Å². The number of nitrogens with zero attached hydrogens (tertiary/aromatic N) is 1. The molecule has 5 nitrogen and oxygen atoms in total. The van der Waals surface area contributed by atoms with E-state index in [9.17, 15) is 14.9 Å². The van der Waals surface area contributed by atoms with Gasteiger partial charge in [-0.05, 0) is 30.7 Å². The van der Waals surface area contributed by atoms with Gasteiger partial charge < -0.3 is 4.42 Å². The molecular formula is C13H10ClNO4. The Morgan fingerprint density at radius 3 is 2.58 bits per heavy atom. The highest BCUT2D eigenvalue weighted by Gasteiger charge is 2.18. The molecule has 0 aliphatic heterocycles. The monoisotopic (exact) mass is 279 g/mol. The highest BCUT2D eigenvalue weighted by Crippen LogP contribution is 2.34. The summed E-state index contributed by atoms with van der Waals surface area (Å²) in [6.45, 7) is 3.12. The van der Waals surface area contributed by atoms with Crippen molar-refractivity contribution >= 4 is 23.1 Å². The van der Waals surface area contributed by atoms with E-state index in [1.54, 1.807) is 19.1 Å². The van der Waals surface area contributed by atoms with Crippen molar-refractivity contribution in [2.45, 2.75) is 13.8 Å². The Hall–Kier alpha value is -2.14. The number of carbonyl (C=O) groups is 1. The lowest BCUT2D eigenvalue weighted by Crippen LogP contribution is -1.92. The number of ketones is 1. The molecule has 0 amide bonds. The van der Waals surface area contributed by atoms with Crippen LogP contribution in [0.25, 0.3) is 11.3 Å². The molecule has 2 aromatic rings. The fraction of sp³-hybridized carbons (Fsp3) is 0.154. The van der Waals surface area contributed by atoms with Crippen LogP contribution in [0.15, 0.2) is 28.7 Å². The molecule has 6 heteroatoms. The summed E-state index contributed by atoms with van der Waals surface area (Å²) in [5, 5.41) is 10.8. The van der Waals surface area contributed by atoms with Crippen molar-refractivity contribution in [3.8, 4) is 11.3 Å². The summed E-state index contributed by atoms with van der Waals surface area (Å²) in [6.07, 6.45) is 0. The molecular weight excluding hydrogens is 270 g/mol. The van der Waals surface area contributed by atoms with E-state index in [1.807, 2.05) is 0 Å². The van der Waals surface area contributed by atoms with Crippen LogP contribution in [0.3, 0.4) is 0 Å². The van der Waals surface area contributed by atoms with Crippen molar-refractivity contribution in [3.63, 3.8) is 0 Å². The quantitative estimate of drug-likeness (QED) is 0.483. The molecule has 0 fully saturated rings. The third kappa shape index (κ3) is 2.51. The first kappa shape index (κ1) is 13.3. The number of nitro benzene ring substituents is 1. The SMILES string of the molecule is CC(=O)c1ccc(-c2cc(Cl)c([N+](=O)[O-])cc2C)o1. The third-order valence-electron chi connectivity index (χ3n) is 2.71. The van der Waals surface area contributed by atoms with Gasteiger partial charge in [-0.2, -0.15) is 0 Å². The topological polar surface area (TPSA) is 73.3 Å². The van der Waals surface area contributed by atoms with Gasteiger partial charge in [-0.1, -0.05) is 11.6 Å². The normalized spacial score (nSPS) is 10.5. The summed E-state index contributed by atoms with van der Waals surface area (Å²) in [6, 6.07) is 6.05. The fourth-order valence-electron chi connectivity index (χ4n) is 1.74. The molecule has 1 aromatic heterocycles. The van der Waals surface area contributed by atoms with Crippen LogP contribution in [0.4, 0.5) is 5.69 Å². The number of carbonyl (C=O) groups excluding carboxylic acids is 1. The number of halogens is 1. The van der Waals surface area contributed by atoms with Gasteiger partial charge in [0, 0.05) is 18.6 Å². The Morgan fingerprint density at radius 2 is 2.05 bits per heavy atom. The second-order valence-electron chi connectivity index (χ2n) is 4.10. The molecule has 98 valence electrons. The summed E-state index contributed by atoms with van der Waals surface area (Å²) >= 11 is 5.87. The van der Waals surface area contributed by atoms with Crippen LogP contribution in [0.1, 0.15) is 23.0 Å². The molecule has 0 aliphatic carbocycles. The van der Waals surface area contributed by atoms with Crippen molar-refractivity contribution in [2.75, 3.05) is 0 Å². The van der Waals surface area contributed by atoms with Crippen LogP contribution < -0.4 is 0 Å². The predicted octanol–water partition coefficient (Wildman–Crippen LogP) is 4.02. The molecule has 1 aromatic carbocycles. The second-order valence-corrected chi connectivity index (χ2v) is 4.50. The minimum atomic E-state index is -0.539. The molecule has 0 saturated carbocycles. The molecule has 0 atom stereocenters. The number of Topliss-reactive ketones (excluding diaryl/α,β-unsaturated/α-hetero) is 1. The molecule has 1 heterocycles. The van der Waals surface area contributed by atoms with Gasteiger partial charge in [0.25, 0.3) is 5.69 Å². The van der Waals surface area contributed by atoms with Crippen molar-refractivity contribution in [1.29, 1.82) is 0 Å². The summed E-state index contributed by atoms with van der Waals surface area (Å²) in [5.74, 6) is 0.514. The van der Waals surface area contributed by atoms with Gasteiger partial charge in [-0.3, -0.25) is 14.9 Å². The summed E-state index contributed by atoms with van der Waals surface area (Å²) < 4.78 is 5.39. The lowest BCUT2D eigenvalue weighted by molar-refractivity contribution is -0.384. The maximum atomic E-state index is 11.2. The first-order valence-corrected chi connectivity index (χ1v) is 5.83. The molecule has 0 spiro atoms. The molecule has 0 saturated heterocycles. The van der Waals surface area contributed by atoms with Gasteiger partial charge >= 0.3 is 0 Å². The minimum Gasteiger partial charge on any atom is -0.453 e. The molecule has 0 N–H and O–H groups in total. The van der Waals surface area contributed by atoms with Gasteiger partial charge in [0.1, 0.15) is 10.8 Å². The maximum Gasteiger partial charge on any atom is 0.288 e. The third-order valence-corrected chi connectivity index (χ3v) is 3.01. The van der Waals surface area contributed by atoms with E-state index < -0.39 is 4.92 Å². The molecule has 0 unspecified atom stereocenters. The number of rotatable bonds is 3. The Morgan fingerprint density at radius 1 is 1.37 bits per heavy atom. The first-order chi connectivity index (χ1) is 8.90. The van der Waals surface area contributed by atoms with E-state index in [0.717, 1.165) is 0 Å². The number of benzene rings is 1. The van der Waals surface area contributed by atoms with Crippen molar-refractivity contribution in [2.24, 2.45) is 0 Å². The fourth-order valence-corrected chi connectivity index (χ4v) is 1.98. The molecule has 0 bridgehead atoms. The van der Waals surface area contributed by atoms with E-state index in [1.165, 1.54) is 19.1 Å². The Kier molecular flexibility index (Phi) is 3.40. The highest BCUT2D eigenvalue weighted by atomic mass is 35.5. The van der Waals surface area contributed by atoms with Crippen LogP contribution >= 0.6 is 11.6 Å². The van der Waals surface area contributed by atoms with E-state index in [2.05, 4.69) is 0 Å². The van der Waals surface area contributed by atoms with Gasteiger partial charge in [-0.25, -0.2) is 0 Å². The zero-order valence-electron chi connectivity index (χ0n) is 10.3. The maximum absolute atomic E-state index is 11.2. The Bertz CT molecular complexity index is 675. The van der Waals surface area contributed by atoms with E-state index >= 15 is 0 Å². The average molecular weight is 280 g/mol.